The molecule has 1 aliphatic rings. The molecule has 2 heterocycles. The zero-order chi connectivity index (χ0) is 16.8. The first-order chi connectivity index (χ1) is 11.8. The van der Waals surface area contributed by atoms with E-state index in [1.165, 1.54) is 12.0 Å². The molecule has 2 aromatic rings. The van der Waals surface area contributed by atoms with Crippen LogP contribution in [-0.4, -0.2) is 33.1 Å². The Morgan fingerprint density at radius 1 is 1.25 bits per heavy atom. The van der Waals surface area contributed by atoms with Gasteiger partial charge < -0.3 is 14.8 Å². The van der Waals surface area contributed by atoms with Crippen LogP contribution in [0.4, 0.5) is 4.79 Å². The second kappa shape index (κ2) is 7.99. The van der Waals surface area contributed by atoms with E-state index >= 15 is 0 Å². The van der Waals surface area contributed by atoms with E-state index in [0.717, 1.165) is 37.9 Å². The molecule has 128 valence electrons. The maximum absolute atomic E-state index is 12.4. The molecule has 5 heteroatoms. The van der Waals surface area contributed by atoms with Gasteiger partial charge in [-0.05, 0) is 36.8 Å². The molecular formula is C19H26N4O. The van der Waals surface area contributed by atoms with Gasteiger partial charge in [0.1, 0.15) is 0 Å². The maximum Gasteiger partial charge on any atom is 0.317 e. The van der Waals surface area contributed by atoms with Crippen LogP contribution in [0.5, 0.6) is 0 Å². The van der Waals surface area contributed by atoms with E-state index in [0.29, 0.717) is 12.6 Å². The molecule has 0 bridgehead atoms. The Kier molecular flexibility index (Phi) is 5.51. The van der Waals surface area contributed by atoms with Gasteiger partial charge in [0, 0.05) is 38.1 Å². The number of imidazole rings is 1. The number of carbonyl (C=O) groups excluding carboxylic acids is 1. The van der Waals surface area contributed by atoms with Gasteiger partial charge in [0.15, 0.2) is 0 Å². The summed E-state index contributed by atoms with van der Waals surface area (Å²) in [5, 5.41) is 3.07. The first kappa shape index (κ1) is 16.6. The molecule has 1 atom stereocenters. The molecular weight excluding hydrogens is 300 g/mol. The molecule has 5 nitrogen and oxygen atoms in total. The third-order valence-corrected chi connectivity index (χ3v) is 4.75. The van der Waals surface area contributed by atoms with E-state index in [2.05, 4.69) is 41.5 Å². The Morgan fingerprint density at radius 3 is 2.75 bits per heavy atom. The molecule has 1 aliphatic heterocycles. The largest absolute Gasteiger partial charge is 0.334 e. The Morgan fingerprint density at radius 2 is 2.04 bits per heavy atom. The minimum atomic E-state index is 0.0732. The van der Waals surface area contributed by atoms with Gasteiger partial charge in [-0.25, -0.2) is 9.78 Å². The summed E-state index contributed by atoms with van der Waals surface area (Å²) in [5.41, 5.74) is 2.35. The summed E-state index contributed by atoms with van der Waals surface area (Å²) < 4.78 is 2.04. The van der Waals surface area contributed by atoms with Crippen molar-refractivity contribution < 1.29 is 4.79 Å². The molecule has 1 saturated heterocycles. The molecule has 0 aliphatic carbocycles. The van der Waals surface area contributed by atoms with Crippen LogP contribution in [0.15, 0.2) is 43.0 Å². The normalized spacial score (nSPS) is 17.7. The Balaban J connectivity index is 1.51. The lowest BCUT2D eigenvalue weighted by atomic mass is 10.0. The van der Waals surface area contributed by atoms with Crippen LogP contribution in [0.25, 0.3) is 0 Å². The minimum absolute atomic E-state index is 0.0732. The van der Waals surface area contributed by atoms with Crippen molar-refractivity contribution in [1.82, 2.24) is 19.8 Å². The van der Waals surface area contributed by atoms with Gasteiger partial charge in [0.2, 0.25) is 0 Å². The number of rotatable bonds is 5. The summed E-state index contributed by atoms with van der Waals surface area (Å²) in [5.74, 6) is 0. The number of aromatic nitrogens is 2. The third kappa shape index (κ3) is 4.16. The van der Waals surface area contributed by atoms with Crippen LogP contribution in [0.2, 0.25) is 0 Å². The number of amides is 2. The molecule has 1 aromatic carbocycles. The van der Waals surface area contributed by atoms with Crippen molar-refractivity contribution in [3.63, 3.8) is 0 Å². The predicted octanol–water partition coefficient (Wildman–Crippen LogP) is 3.41. The van der Waals surface area contributed by atoms with Gasteiger partial charge in [-0.3, -0.25) is 0 Å². The standard InChI is InChI=1S/C19H26N4O/c1-2-18-5-3-4-11-23(18)19(24)21-13-16-6-8-17(9-7-16)14-22-12-10-20-15-22/h6-10,12,15,18H,2-5,11,13-14H2,1H3,(H,21,24). The average Bonchev–Trinajstić information content (AvgIpc) is 3.14. The zero-order valence-electron chi connectivity index (χ0n) is 14.3. The van der Waals surface area contributed by atoms with Gasteiger partial charge in [0.05, 0.1) is 6.33 Å². The van der Waals surface area contributed by atoms with E-state index in [1.807, 2.05) is 22.0 Å². The fraction of sp³-hybridized carbons (Fsp3) is 0.474. The Hall–Kier alpha value is -2.30. The molecule has 1 fully saturated rings. The summed E-state index contributed by atoms with van der Waals surface area (Å²) in [6, 6.07) is 8.86. The molecule has 0 saturated carbocycles. The quantitative estimate of drug-likeness (QED) is 0.915. The first-order valence-electron chi connectivity index (χ1n) is 8.84. The Bertz CT molecular complexity index is 636. The highest BCUT2D eigenvalue weighted by Gasteiger charge is 2.24. The zero-order valence-corrected chi connectivity index (χ0v) is 14.3. The van der Waals surface area contributed by atoms with Gasteiger partial charge in [0.25, 0.3) is 0 Å². The van der Waals surface area contributed by atoms with Gasteiger partial charge in [-0.2, -0.15) is 0 Å². The van der Waals surface area contributed by atoms with Gasteiger partial charge >= 0.3 is 6.03 Å². The number of nitrogens with zero attached hydrogens (tertiary/aromatic N) is 3. The van der Waals surface area contributed by atoms with Crippen LogP contribution in [0.3, 0.4) is 0 Å². The maximum atomic E-state index is 12.4. The highest BCUT2D eigenvalue weighted by Crippen LogP contribution is 2.19. The topological polar surface area (TPSA) is 50.2 Å². The SMILES string of the molecule is CCC1CCCCN1C(=O)NCc1ccc(Cn2ccnc2)cc1. The van der Waals surface area contributed by atoms with E-state index in [4.69, 9.17) is 0 Å². The molecule has 1 N–H and O–H groups in total. The van der Waals surface area contributed by atoms with Crippen LogP contribution >= 0.6 is 0 Å². The number of hydrogen-bond acceptors (Lipinski definition) is 2. The van der Waals surface area contributed by atoms with Crippen molar-refractivity contribution in [3.05, 3.63) is 54.1 Å². The second-order valence-corrected chi connectivity index (χ2v) is 6.46. The summed E-state index contributed by atoms with van der Waals surface area (Å²) in [7, 11) is 0. The van der Waals surface area contributed by atoms with Gasteiger partial charge in [-0.1, -0.05) is 31.2 Å². The summed E-state index contributed by atoms with van der Waals surface area (Å²) in [6.45, 7) is 4.44. The highest BCUT2D eigenvalue weighted by atomic mass is 16.2. The number of carbonyl (C=O) groups is 1. The lowest BCUT2D eigenvalue weighted by Crippen LogP contribution is -2.48. The van der Waals surface area contributed by atoms with Crippen molar-refractivity contribution in [1.29, 1.82) is 0 Å². The Labute approximate surface area is 143 Å². The summed E-state index contributed by atoms with van der Waals surface area (Å²) in [4.78, 5) is 18.5. The molecule has 1 aromatic heterocycles. The molecule has 1 unspecified atom stereocenters. The number of likely N-dealkylation sites (tertiary alicyclic amines) is 1. The number of piperidine rings is 1. The summed E-state index contributed by atoms with van der Waals surface area (Å²) in [6.07, 6.45) is 10.1. The number of hydrogen-bond donors (Lipinski definition) is 1. The lowest BCUT2D eigenvalue weighted by Gasteiger charge is -2.35. The second-order valence-electron chi connectivity index (χ2n) is 6.46. The molecule has 2 amide bonds. The van der Waals surface area contributed by atoms with E-state index < -0.39 is 0 Å². The fourth-order valence-electron chi connectivity index (χ4n) is 3.33. The lowest BCUT2D eigenvalue weighted by molar-refractivity contribution is 0.148. The predicted molar refractivity (Wildman–Crippen MR) is 94.6 cm³/mol. The van der Waals surface area contributed by atoms with Crippen LogP contribution in [0.1, 0.15) is 43.7 Å². The van der Waals surface area contributed by atoms with E-state index in [9.17, 15) is 4.79 Å². The average molecular weight is 326 g/mol. The molecule has 0 spiro atoms. The number of urea groups is 1. The molecule has 0 radical (unpaired) electrons. The summed E-state index contributed by atoms with van der Waals surface area (Å²) >= 11 is 0. The highest BCUT2D eigenvalue weighted by molar-refractivity contribution is 5.74. The van der Waals surface area contributed by atoms with E-state index in [-0.39, 0.29) is 6.03 Å². The van der Waals surface area contributed by atoms with Gasteiger partial charge in [-0.15, -0.1) is 0 Å². The fourth-order valence-corrected chi connectivity index (χ4v) is 3.33. The van der Waals surface area contributed by atoms with Crippen molar-refractivity contribution in [3.8, 4) is 0 Å². The van der Waals surface area contributed by atoms with Crippen molar-refractivity contribution in [2.75, 3.05) is 6.54 Å². The monoisotopic (exact) mass is 326 g/mol. The van der Waals surface area contributed by atoms with Crippen LogP contribution in [-0.2, 0) is 13.1 Å². The van der Waals surface area contributed by atoms with Crippen molar-refractivity contribution >= 4 is 6.03 Å². The molecule has 3 rings (SSSR count). The smallest absolute Gasteiger partial charge is 0.317 e. The van der Waals surface area contributed by atoms with Crippen molar-refractivity contribution in [2.45, 2.75) is 51.7 Å². The van der Waals surface area contributed by atoms with Crippen molar-refractivity contribution in [2.24, 2.45) is 0 Å². The van der Waals surface area contributed by atoms with Crippen LogP contribution in [0, 0.1) is 0 Å². The number of benzene rings is 1. The minimum Gasteiger partial charge on any atom is -0.334 e. The van der Waals surface area contributed by atoms with E-state index in [1.54, 1.807) is 6.20 Å². The molecule has 24 heavy (non-hydrogen) atoms. The number of nitrogens with one attached hydrogen (secondary N) is 1. The third-order valence-electron chi connectivity index (χ3n) is 4.75. The first-order valence-corrected chi connectivity index (χ1v) is 8.84. The van der Waals surface area contributed by atoms with Crippen LogP contribution < -0.4 is 5.32 Å².